The third-order valence-corrected chi connectivity index (χ3v) is 16.6. The molecule has 3 aromatic heterocycles. The van der Waals surface area contributed by atoms with Gasteiger partial charge in [0.05, 0.1) is 36.7 Å². The fourth-order valence-corrected chi connectivity index (χ4v) is 12.2. The van der Waals surface area contributed by atoms with E-state index in [2.05, 4.69) is 61.0 Å². The summed E-state index contributed by atoms with van der Waals surface area (Å²) in [5, 5.41) is 6.86. The number of anilines is 2. The number of piperidine rings is 2. The average Bonchev–Trinajstić information content (AvgIpc) is 3.93. The van der Waals surface area contributed by atoms with Gasteiger partial charge in [-0.25, -0.2) is 36.2 Å². The van der Waals surface area contributed by atoms with Crippen LogP contribution < -0.4 is 29.6 Å². The number of imidazole rings is 2. The number of benzene rings is 3. The lowest BCUT2D eigenvalue weighted by Gasteiger charge is -2.31. The van der Waals surface area contributed by atoms with Gasteiger partial charge in [-0.15, -0.1) is 0 Å². The summed E-state index contributed by atoms with van der Waals surface area (Å²) in [6.45, 7) is 17.2. The van der Waals surface area contributed by atoms with Crippen molar-refractivity contribution in [3.8, 4) is 34.0 Å². The van der Waals surface area contributed by atoms with E-state index in [1.807, 2.05) is 58.0 Å². The van der Waals surface area contributed by atoms with Crippen LogP contribution in [0.1, 0.15) is 89.7 Å². The fraction of sp³-hybridized carbons (Fsp3) is 0.415. The SMILES string of the molecule is COc1ccc(-c2nc(NC(C)(C)c3ccccc3)[nH]c2C)cc1S(=O)(=O)NC1CCN(C(C)=O)CC1.COc1ccc(-c2nc(NC(C)(C)c3cccnc3)[nH]c2C)cc1S(=O)(=O)NC1CCN(C(C)=O)CC1. The average molecular weight is 1050 g/mol. The number of aromatic nitrogens is 5. The van der Waals surface area contributed by atoms with E-state index in [0.29, 0.717) is 86.3 Å². The fourth-order valence-electron chi connectivity index (χ4n) is 9.18. The summed E-state index contributed by atoms with van der Waals surface area (Å²) in [5.41, 5.74) is 5.50. The Morgan fingerprint density at radius 1 is 0.608 bits per heavy atom. The van der Waals surface area contributed by atoms with E-state index < -0.39 is 25.6 Å². The van der Waals surface area contributed by atoms with Crippen LogP contribution in [-0.2, 0) is 40.7 Å². The normalized spacial score (nSPS) is 15.0. The number of carbonyl (C=O) groups is 2. The van der Waals surface area contributed by atoms with E-state index in [1.54, 1.807) is 58.6 Å². The van der Waals surface area contributed by atoms with Crippen molar-refractivity contribution >= 4 is 43.8 Å². The zero-order valence-electron chi connectivity index (χ0n) is 43.8. The molecule has 0 atom stereocenters. The Balaban J connectivity index is 0.000000216. The molecule has 0 bridgehead atoms. The summed E-state index contributed by atoms with van der Waals surface area (Å²) >= 11 is 0. The van der Waals surface area contributed by atoms with Crippen LogP contribution in [0.15, 0.2) is 101 Å². The number of nitrogens with zero attached hydrogens (tertiary/aromatic N) is 5. The van der Waals surface area contributed by atoms with E-state index in [-0.39, 0.29) is 50.7 Å². The smallest absolute Gasteiger partial charge is 0.244 e. The molecule has 21 heteroatoms. The van der Waals surface area contributed by atoms with Crippen molar-refractivity contribution in [2.75, 3.05) is 51.0 Å². The van der Waals surface area contributed by atoms with Crippen LogP contribution in [0.3, 0.4) is 0 Å². The molecule has 3 aromatic carbocycles. The molecule has 0 aliphatic carbocycles. The predicted octanol–water partition coefficient (Wildman–Crippen LogP) is 7.46. The number of pyridine rings is 1. The van der Waals surface area contributed by atoms with E-state index in [9.17, 15) is 26.4 Å². The minimum atomic E-state index is -3.88. The molecule has 2 aliphatic heterocycles. The van der Waals surface area contributed by atoms with Crippen molar-refractivity contribution in [1.82, 2.24) is 44.2 Å². The van der Waals surface area contributed by atoms with Crippen molar-refractivity contribution in [3.05, 3.63) is 114 Å². The quantitative estimate of drug-likeness (QED) is 0.0552. The van der Waals surface area contributed by atoms with Crippen LogP contribution in [0.5, 0.6) is 11.5 Å². The van der Waals surface area contributed by atoms with Gasteiger partial charge in [0.15, 0.2) is 0 Å². The molecule has 0 radical (unpaired) electrons. The van der Waals surface area contributed by atoms with Gasteiger partial charge in [0.2, 0.25) is 43.8 Å². The van der Waals surface area contributed by atoms with E-state index in [1.165, 1.54) is 28.1 Å². The molecule has 2 amide bonds. The Bertz CT molecular complexity index is 2930. The number of aromatic amines is 2. The molecule has 6 N–H and O–H groups in total. The number of rotatable bonds is 16. The molecule has 0 spiro atoms. The zero-order chi connectivity index (χ0) is 53.6. The van der Waals surface area contributed by atoms with Gasteiger partial charge in [0, 0.05) is 87.0 Å². The number of ether oxygens (including phenoxy) is 2. The molecule has 8 rings (SSSR count). The maximum Gasteiger partial charge on any atom is 0.244 e. The Morgan fingerprint density at radius 2 is 1.01 bits per heavy atom. The van der Waals surface area contributed by atoms with Crippen LogP contribution in [0, 0.1) is 13.8 Å². The summed E-state index contributed by atoms with van der Waals surface area (Å²) in [5.74, 6) is 1.68. The van der Waals surface area contributed by atoms with Crippen LogP contribution in [0.4, 0.5) is 11.9 Å². The Labute approximate surface area is 434 Å². The topological polar surface area (TPSA) is 246 Å². The van der Waals surface area contributed by atoms with Gasteiger partial charge in [-0.3, -0.25) is 14.6 Å². The Hall–Kier alpha value is -6.81. The van der Waals surface area contributed by atoms with Gasteiger partial charge in [-0.05, 0) is 121 Å². The van der Waals surface area contributed by atoms with Gasteiger partial charge in [-0.2, -0.15) is 0 Å². The molecule has 19 nitrogen and oxygen atoms in total. The van der Waals surface area contributed by atoms with Crippen molar-refractivity contribution < 1.29 is 35.9 Å². The predicted molar refractivity (Wildman–Crippen MR) is 286 cm³/mol. The van der Waals surface area contributed by atoms with Crippen LogP contribution in [-0.4, -0.2) is 116 Å². The summed E-state index contributed by atoms with van der Waals surface area (Å²) in [4.78, 5) is 47.0. The molecule has 74 heavy (non-hydrogen) atoms. The number of hydrogen-bond donors (Lipinski definition) is 6. The molecular formula is C53H69N11O8S2. The Kier molecular flexibility index (Phi) is 16.9. The van der Waals surface area contributed by atoms with Gasteiger partial charge < -0.3 is 39.9 Å². The third-order valence-electron chi connectivity index (χ3n) is 13.5. The van der Waals surface area contributed by atoms with Crippen molar-refractivity contribution in [3.63, 3.8) is 0 Å². The number of methoxy groups -OCH3 is 2. The number of aryl methyl sites for hydroxylation is 2. The number of nitrogens with one attached hydrogen (secondary N) is 6. The van der Waals surface area contributed by atoms with Crippen molar-refractivity contribution in [2.45, 2.75) is 114 Å². The van der Waals surface area contributed by atoms with Gasteiger partial charge in [0.25, 0.3) is 0 Å². The molecular weight excluding hydrogens is 983 g/mol. The largest absolute Gasteiger partial charge is 0.495 e. The summed E-state index contributed by atoms with van der Waals surface area (Å²) < 4.78 is 70.0. The van der Waals surface area contributed by atoms with Crippen molar-refractivity contribution in [2.24, 2.45) is 0 Å². The number of carbonyl (C=O) groups excluding carboxylic acids is 2. The second-order valence-corrected chi connectivity index (χ2v) is 23.1. The molecule has 2 fully saturated rings. The Morgan fingerprint density at radius 3 is 1.39 bits per heavy atom. The lowest BCUT2D eigenvalue weighted by atomic mass is 9.95. The second-order valence-electron chi connectivity index (χ2n) is 19.8. The molecule has 2 aliphatic rings. The van der Waals surface area contributed by atoms with Gasteiger partial charge in [-0.1, -0.05) is 36.4 Å². The first kappa shape index (κ1) is 55.0. The molecule has 0 unspecified atom stereocenters. The van der Waals surface area contributed by atoms with Crippen molar-refractivity contribution in [1.29, 1.82) is 0 Å². The molecule has 396 valence electrons. The summed E-state index contributed by atoms with van der Waals surface area (Å²) in [7, 11) is -4.86. The lowest BCUT2D eigenvalue weighted by molar-refractivity contribution is -0.130. The first-order valence-corrected chi connectivity index (χ1v) is 27.5. The van der Waals surface area contributed by atoms with Gasteiger partial charge >= 0.3 is 0 Å². The zero-order valence-corrected chi connectivity index (χ0v) is 45.4. The number of sulfonamides is 2. The van der Waals surface area contributed by atoms with Crippen LogP contribution >= 0.6 is 0 Å². The van der Waals surface area contributed by atoms with Crippen LogP contribution in [0.2, 0.25) is 0 Å². The number of amides is 2. The summed E-state index contributed by atoms with van der Waals surface area (Å²) in [6, 6.07) is 23.5. The number of H-pyrrole nitrogens is 2. The van der Waals surface area contributed by atoms with E-state index in [0.717, 1.165) is 22.5 Å². The maximum atomic E-state index is 13.4. The summed E-state index contributed by atoms with van der Waals surface area (Å²) in [6.07, 6.45) is 5.77. The number of likely N-dealkylation sites (tertiary alicyclic amines) is 2. The number of hydrogen-bond acceptors (Lipinski definition) is 13. The molecule has 5 heterocycles. The highest BCUT2D eigenvalue weighted by molar-refractivity contribution is 7.90. The van der Waals surface area contributed by atoms with Gasteiger partial charge in [0.1, 0.15) is 21.3 Å². The monoisotopic (exact) mass is 1050 g/mol. The first-order valence-electron chi connectivity index (χ1n) is 24.6. The standard InChI is InChI=1S/C27H35N5O4S.C26H34N6O4S/c1-18-25(29-26(28-18)30-27(3,4)21-9-7-6-8-10-21)20-11-12-23(36-5)24(17-20)37(34,35)31-22-13-15-32(16-14-22)19(2)33;1-17-24(29-25(28-17)30-26(3,4)20-7-6-12-27-16-20)19-8-9-22(36-5)23(15-19)37(34,35)31-21-10-13-32(14-11-21)18(2)33/h6-12,17,22,31H,13-16H2,1-5H3,(H2,28,29,30);6-9,12,15-16,21,31H,10-11,13-14H2,1-5H3,(H2,28,29,30). The van der Waals surface area contributed by atoms with E-state index >= 15 is 0 Å². The highest BCUT2D eigenvalue weighted by Gasteiger charge is 2.31. The molecule has 0 saturated carbocycles. The maximum absolute atomic E-state index is 13.4. The first-order chi connectivity index (χ1) is 35.0. The lowest BCUT2D eigenvalue weighted by Crippen LogP contribution is -2.45. The molecule has 6 aromatic rings. The molecule has 2 saturated heterocycles. The minimum absolute atomic E-state index is 0.00253. The third kappa shape index (κ3) is 13.1. The van der Waals surface area contributed by atoms with Crippen LogP contribution in [0.25, 0.3) is 22.5 Å². The minimum Gasteiger partial charge on any atom is -0.495 e. The highest BCUT2D eigenvalue weighted by atomic mass is 32.2. The van der Waals surface area contributed by atoms with E-state index in [4.69, 9.17) is 19.4 Å². The highest BCUT2D eigenvalue weighted by Crippen LogP contribution is 2.35. The second kappa shape index (κ2) is 22.8.